The minimum atomic E-state index is -0.249. The zero-order valence-electron chi connectivity index (χ0n) is 9.31. The van der Waals surface area contributed by atoms with Crippen LogP contribution < -0.4 is 5.32 Å². The molecule has 2 rings (SSSR count). The number of hydrogen-bond donors (Lipinski definition) is 1. The molecule has 0 aliphatic carbocycles. The fourth-order valence-corrected chi connectivity index (χ4v) is 1.55. The van der Waals surface area contributed by atoms with Crippen LogP contribution in [0.2, 0.25) is 5.28 Å². The minimum absolute atomic E-state index is 0.150. The van der Waals surface area contributed by atoms with Crippen molar-refractivity contribution in [2.75, 3.05) is 7.05 Å². The van der Waals surface area contributed by atoms with E-state index < -0.39 is 0 Å². The summed E-state index contributed by atoms with van der Waals surface area (Å²) in [5.74, 6) is 0.276. The van der Waals surface area contributed by atoms with Crippen LogP contribution in [0.25, 0.3) is 5.82 Å². The third-order valence-corrected chi connectivity index (χ3v) is 2.27. The molecule has 0 aliphatic rings. The van der Waals surface area contributed by atoms with Gasteiger partial charge in [0.15, 0.2) is 11.5 Å². The van der Waals surface area contributed by atoms with Crippen LogP contribution in [0.15, 0.2) is 18.3 Å². The molecule has 2 aromatic rings. The Morgan fingerprint density at radius 1 is 1.47 bits per heavy atom. The van der Waals surface area contributed by atoms with Gasteiger partial charge in [0, 0.05) is 25.0 Å². The number of halogens is 1. The molecule has 0 fully saturated rings. The van der Waals surface area contributed by atoms with E-state index in [1.165, 1.54) is 4.68 Å². The molecule has 0 aromatic carbocycles. The van der Waals surface area contributed by atoms with Gasteiger partial charge in [-0.15, -0.1) is 0 Å². The lowest BCUT2D eigenvalue weighted by atomic mass is 10.4. The summed E-state index contributed by atoms with van der Waals surface area (Å²) < 4.78 is 1.48. The Hall–Kier alpha value is -1.95. The van der Waals surface area contributed by atoms with Crippen LogP contribution in [-0.2, 0) is 0 Å². The van der Waals surface area contributed by atoms with Crippen molar-refractivity contribution >= 4 is 17.5 Å². The second-order valence-electron chi connectivity index (χ2n) is 3.36. The number of aromatic nitrogens is 4. The number of amides is 1. The van der Waals surface area contributed by atoms with E-state index in [1.807, 2.05) is 0 Å². The first-order chi connectivity index (χ1) is 8.10. The number of rotatable bonds is 2. The molecule has 2 heterocycles. The first-order valence-electron chi connectivity index (χ1n) is 4.89. The van der Waals surface area contributed by atoms with Crippen molar-refractivity contribution in [2.24, 2.45) is 0 Å². The van der Waals surface area contributed by atoms with Gasteiger partial charge < -0.3 is 5.32 Å². The maximum atomic E-state index is 11.3. The van der Waals surface area contributed by atoms with E-state index in [0.29, 0.717) is 11.5 Å². The first kappa shape index (κ1) is 11.5. The quantitative estimate of drug-likeness (QED) is 0.808. The third-order valence-electron chi connectivity index (χ3n) is 2.10. The maximum absolute atomic E-state index is 11.3. The topological polar surface area (TPSA) is 72.7 Å². The molecule has 17 heavy (non-hydrogen) atoms. The normalized spacial score (nSPS) is 10.3. The molecule has 1 amide bonds. The standard InChI is InChI=1S/C10H10ClN5O/c1-6-5-8(14-10(11)13-6)16-4-3-7(15-16)9(17)12-2/h3-5H,1-2H3,(H,12,17). The molecule has 0 aliphatic heterocycles. The van der Waals surface area contributed by atoms with E-state index in [-0.39, 0.29) is 11.2 Å². The number of nitrogens with zero attached hydrogens (tertiary/aromatic N) is 4. The predicted octanol–water partition coefficient (Wildman–Crippen LogP) is 0.984. The highest BCUT2D eigenvalue weighted by atomic mass is 35.5. The van der Waals surface area contributed by atoms with E-state index >= 15 is 0 Å². The summed E-state index contributed by atoms with van der Waals surface area (Å²) in [4.78, 5) is 19.3. The molecule has 0 bridgehead atoms. The van der Waals surface area contributed by atoms with E-state index in [4.69, 9.17) is 11.6 Å². The number of nitrogens with one attached hydrogen (secondary N) is 1. The third kappa shape index (κ3) is 2.42. The van der Waals surface area contributed by atoms with Crippen LogP contribution in [-0.4, -0.2) is 32.7 Å². The van der Waals surface area contributed by atoms with Gasteiger partial charge >= 0.3 is 0 Å². The first-order valence-corrected chi connectivity index (χ1v) is 5.27. The zero-order chi connectivity index (χ0) is 12.4. The molecule has 0 radical (unpaired) electrons. The second kappa shape index (κ2) is 4.50. The molecule has 6 nitrogen and oxygen atoms in total. The van der Waals surface area contributed by atoms with Crippen LogP contribution in [0.5, 0.6) is 0 Å². The van der Waals surface area contributed by atoms with Gasteiger partial charge in [-0.1, -0.05) is 0 Å². The van der Waals surface area contributed by atoms with Crippen LogP contribution in [0, 0.1) is 6.92 Å². The Morgan fingerprint density at radius 3 is 2.88 bits per heavy atom. The molecule has 7 heteroatoms. The summed E-state index contributed by atoms with van der Waals surface area (Å²) >= 11 is 5.75. The van der Waals surface area contributed by atoms with Crippen LogP contribution in [0.3, 0.4) is 0 Å². The summed E-state index contributed by atoms with van der Waals surface area (Å²) in [7, 11) is 1.55. The minimum Gasteiger partial charge on any atom is -0.354 e. The number of aryl methyl sites for hydroxylation is 1. The van der Waals surface area contributed by atoms with Gasteiger partial charge in [-0.05, 0) is 24.6 Å². The van der Waals surface area contributed by atoms with E-state index in [2.05, 4.69) is 20.4 Å². The average molecular weight is 252 g/mol. The zero-order valence-corrected chi connectivity index (χ0v) is 10.1. The van der Waals surface area contributed by atoms with Gasteiger partial charge in [0.05, 0.1) is 0 Å². The average Bonchev–Trinajstić information content (AvgIpc) is 2.76. The molecular formula is C10H10ClN5O. The van der Waals surface area contributed by atoms with Crippen molar-refractivity contribution < 1.29 is 4.79 Å². The van der Waals surface area contributed by atoms with Crippen LogP contribution in [0.1, 0.15) is 16.2 Å². The van der Waals surface area contributed by atoms with Crippen molar-refractivity contribution in [3.05, 3.63) is 35.0 Å². The Labute approximate surface area is 103 Å². The number of carbonyl (C=O) groups excluding carboxylic acids is 1. The molecule has 1 N–H and O–H groups in total. The second-order valence-corrected chi connectivity index (χ2v) is 3.70. The van der Waals surface area contributed by atoms with Gasteiger partial charge in [0.2, 0.25) is 5.28 Å². The SMILES string of the molecule is CNC(=O)c1ccn(-c2cc(C)nc(Cl)n2)n1. The van der Waals surface area contributed by atoms with E-state index in [0.717, 1.165) is 5.69 Å². The van der Waals surface area contributed by atoms with Crippen LogP contribution in [0.4, 0.5) is 0 Å². The predicted molar refractivity (Wildman–Crippen MR) is 62.3 cm³/mol. The fraction of sp³-hybridized carbons (Fsp3) is 0.200. The van der Waals surface area contributed by atoms with Crippen molar-refractivity contribution in [3.8, 4) is 5.82 Å². The lowest BCUT2D eigenvalue weighted by Gasteiger charge is -2.01. The Kier molecular flexibility index (Phi) is 3.06. The van der Waals surface area contributed by atoms with Gasteiger partial charge in [0.1, 0.15) is 0 Å². The van der Waals surface area contributed by atoms with Gasteiger partial charge in [-0.2, -0.15) is 10.1 Å². The fourth-order valence-electron chi connectivity index (χ4n) is 1.33. The lowest BCUT2D eigenvalue weighted by molar-refractivity contribution is 0.0957. The number of carbonyl (C=O) groups is 1. The smallest absolute Gasteiger partial charge is 0.271 e. The van der Waals surface area contributed by atoms with Gasteiger partial charge in [-0.25, -0.2) is 9.67 Å². The van der Waals surface area contributed by atoms with Gasteiger partial charge in [-0.3, -0.25) is 4.79 Å². The Morgan fingerprint density at radius 2 is 2.24 bits per heavy atom. The lowest BCUT2D eigenvalue weighted by Crippen LogP contribution is -2.18. The molecule has 0 saturated heterocycles. The molecule has 0 saturated carbocycles. The summed E-state index contributed by atoms with van der Waals surface area (Å²) in [5, 5.41) is 6.73. The summed E-state index contributed by atoms with van der Waals surface area (Å²) in [6, 6.07) is 3.33. The molecule has 0 spiro atoms. The highest BCUT2D eigenvalue weighted by Crippen LogP contribution is 2.09. The Bertz CT molecular complexity index is 545. The Balaban J connectivity index is 2.40. The molecular weight excluding hydrogens is 242 g/mol. The van der Waals surface area contributed by atoms with E-state index in [1.54, 1.807) is 32.3 Å². The monoisotopic (exact) mass is 251 g/mol. The maximum Gasteiger partial charge on any atom is 0.271 e. The van der Waals surface area contributed by atoms with Crippen molar-refractivity contribution in [1.82, 2.24) is 25.1 Å². The number of hydrogen-bond acceptors (Lipinski definition) is 4. The summed E-state index contributed by atoms with van der Waals surface area (Å²) in [6.45, 7) is 1.81. The highest BCUT2D eigenvalue weighted by Gasteiger charge is 2.09. The highest BCUT2D eigenvalue weighted by molar-refractivity contribution is 6.28. The molecule has 0 unspecified atom stereocenters. The van der Waals surface area contributed by atoms with Crippen LogP contribution >= 0.6 is 11.6 Å². The van der Waals surface area contributed by atoms with Crippen molar-refractivity contribution in [1.29, 1.82) is 0 Å². The van der Waals surface area contributed by atoms with Gasteiger partial charge in [0.25, 0.3) is 5.91 Å². The van der Waals surface area contributed by atoms with Crippen molar-refractivity contribution in [3.63, 3.8) is 0 Å². The van der Waals surface area contributed by atoms with E-state index in [9.17, 15) is 4.79 Å². The molecule has 88 valence electrons. The molecule has 0 atom stereocenters. The largest absolute Gasteiger partial charge is 0.354 e. The van der Waals surface area contributed by atoms with Crippen molar-refractivity contribution in [2.45, 2.75) is 6.92 Å². The summed E-state index contributed by atoms with van der Waals surface area (Å²) in [5.41, 5.74) is 1.05. The summed E-state index contributed by atoms with van der Waals surface area (Å²) in [6.07, 6.45) is 1.64. The molecule has 2 aromatic heterocycles.